The van der Waals surface area contributed by atoms with Gasteiger partial charge < -0.3 is 5.11 Å². The zero-order valence-electron chi connectivity index (χ0n) is 12.8. The quantitative estimate of drug-likeness (QED) is 0.800. The van der Waals surface area contributed by atoms with Gasteiger partial charge in [-0.25, -0.2) is 14.5 Å². The van der Waals surface area contributed by atoms with Gasteiger partial charge in [-0.05, 0) is 24.2 Å². The Labute approximate surface area is 119 Å². The normalized spacial score (nSPS) is 23.6. The zero-order chi connectivity index (χ0) is 15.5. The van der Waals surface area contributed by atoms with Crippen LogP contribution in [0.2, 0.25) is 0 Å². The second-order valence-electron chi connectivity index (χ2n) is 6.05. The van der Waals surface area contributed by atoms with Gasteiger partial charge in [-0.2, -0.15) is 0 Å². The number of carboxylic acid groups (broad SMARTS) is 1. The minimum Gasteiger partial charge on any atom is -0.465 e. The summed E-state index contributed by atoms with van der Waals surface area (Å²) in [6, 6.07) is -0.758. The van der Waals surface area contributed by atoms with Gasteiger partial charge >= 0.3 is 6.09 Å². The molecule has 1 saturated heterocycles. The molecular formula is C13H24N2O5. The number of hydrogen-bond donors (Lipinski definition) is 1. The van der Waals surface area contributed by atoms with E-state index in [4.69, 9.17) is 9.68 Å². The Balaban J connectivity index is 2.88. The Morgan fingerprint density at radius 1 is 1.20 bits per heavy atom. The predicted molar refractivity (Wildman–Crippen MR) is 71.6 cm³/mol. The van der Waals surface area contributed by atoms with Crippen molar-refractivity contribution >= 4 is 12.0 Å². The van der Waals surface area contributed by atoms with E-state index in [1.807, 2.05) is 0 Å². The Morgan fingerprint density at radius 2 is 1.75 bits per heavy atom. The summed E-state index contributed by atoms with van der Waals surface area (Å²) in [5, 5.41) is 10.1. The van der Waals surface area contributed by atoms with Crippen molar-refractivity contribution in [3.63, 3.8) is 0 Å². The molecule has 7 heteroatoms. The summed E-state index contributed by atoms with van der Waals surface area (Å²) < 4.78 is 0. The summed E-state index contributed by atoms with van der Waals surface area (Å²) >= 11 is 0. The Bertz CT molecular complexity index is 362. The second kappa shape index (κ2) is 6.41. The molecule has 0 aliphatic carbocycles. The molecule has 1 N–H and O–H groups in total. The lowest BCUT2D eigenvalue weighted by atomic mass is 9.75. The molecule has 116 valence electrons. The molecule has 20 heavy (non-hydrogen) atoms. The van der Waals surface area contributed by atoms with E-state index in [0.717, 1.165) is 11.6 Å². The summed E-state index contributed by atoms with van der Waals surface area (Å²) in [6.45, 7) is 6.58. The van der Waals surface area contributed by atoms with Gasteiger partial charge in [0, 0.05) is 6.54 Å². The van der Waals surface area contributed by atoms with Gasteiger partial charge in [0.2, 0.25) is 0 Å². The molecule has 2 amide bonds. The lowest BCUT2D eigenvalue weighted by molar-refractivity contribution is -0.320. The van der Waals surface area contributed by atoms with E-state index in [9.17, 15) is 14.7 Å². The van der Waals surface area contributed by atoms with Crippen LogP contribution in [0.5, 0.6) is 0 Å². The summed E-state index contributed by atoms with van der Waals surface area (Å²) in [6.07, 6.45) is 0.172. The Morgan fingerprint density at radius 3 is 2.15 bits per heavy atom. The number of amides is 2. The Hall–Kier alpha value is -1.34. The standard InChI is InChI=1S/C13H24N2O5/c1-13(2,3)9-6-7-10(14(8-9)12(17)18)11(16)15(19-4)20-5/h9-10H,6-8H2,1-5H3,(H,17,18). The SMILES string of the molecule is CON(OC)C(=O)C1CCC(C(C)(C)C)CN1C(=O)O. The maximum Gasteiger partial charge on any atom is 0.407 e. The van der Waals surface area contributed by atoms with E-state index < -0.39 is 18.0 Å². The maximum atomic E-state index is 12.2. The van der Waals surface area contributed by atoms with Crippen molar-refractivity contribution in [3.05, 3.63) is 0 Å². The van der Waals surface area contributed by atoms with Crippen molar-refractivity contribution in [3.8, 4) is 0 Å². The van der Waals surface area contributed by atoms with Gasteiger partial charge in [-0.15, -0.1) is 0 Å². The molecule has 1 aliphatic heterocycles. The number of rotatable bonds is 3. The molecule has 1 fully saturated rings. The fraction of sp³-hybridized carbons (Fsp3) is 0.846. The molecule has 0 saturated carbocycles. The van der Waals surface area contributed by atoms with E-state index in [1.165, 1.54) is 19.1 Å². The third-order valence-corrected chi connectivity index (χ3v) is 3.85. The first kappa shape index (κ1) is 16.7. The Kier molecular flexibility index (Phi) is 5.35. The third kappa shape index (κ3) is 3.61. The highest BCUT2D eigenvalue weighted by atomic mass is 16.9. The second-order valence-corrected chi connectivity index (χ2v) is 6.05. The molecule has 1 heterocycles. The molecule has 0 spiro atoms. The van der Waals surface area contributed by atoms with Crippen molar-refractivity contribution < 1.29 is 24.4 Å². The van der Waals surface area contributed by atoms with Crippen LogP contribution in [0.15, 0.2) is 0 Å². The molecule has 7 nitrogen and oxygen atoms in total. The van der Waals surface area contributed by atoms with E-state index in [-0.39, 0.29) is 11.3 Å². The first-order valence-electron chi connectivity index (χ1n) is 6.64. The van der Waals surface area contributed by atoms with Crippen LogP contribution in [0.25, 0.3) is 0 Å². The molecule has 0 bridgehead atoms. The van der Waals surface area contributed by atoms with Crippen LogP contribution in [-0.2, 0) is 14.5 Å². The monoisotopic (exact) mass is 288 g/mol. The zero-order valence-corrected chi connectivity index (χ0v) is 12.8. The number of nitrogens with zero attached hydrogens (tertiary/aromatic N) is 2. The van der Waals surface area contributed by atoms with Gasteiger partial charge in [-0.3, -0.25) is 9.69 Å². The van der Waals surface area contributed by atoms with Crippen LogP contribution in [0.1, 0.15) is 33.6 Å². The molecule has 0 aromatic heterocycles. The summed E-state index contributed by atoms with van der Waals surface area (Å²) in [7, 11) is 2.60. The van der Waals surface area contributed by atoms with Crippen LogP contribution in [-0.4, -0.2) is 54.0 Å². The van der Waals surface area contributed by atoms with E-state index in [0.29, 0.717) is 13.0 Å². The summed E-state index contributed by atoms with van der Waals surface area (Å²) in [4.78, 5) is 34.4. The molecule has 1 aliphatic rings. The van der Waals surface area contributed by atoms with Crippen LogP contribution >= 0.6 is 0 Å². The first-order valence-corrected chi connectivity index (χ1v) is 6.64. The number of piperidine rings is 1. The minimum atomic E-state index is -1.09. The molecule has 2 atom stereocenters. The number of likely N-dealkylation sites (tertiary alicyclic amines) is 1. The van der Waals surface area contributed by atoms with Gasteiger partial charge in [0.15, 0.2) is 0 Å². The van der Waals surface area contributed by atoms with Gasteiger partial charge in [-0.1, -0.05) is 26.0 Å². The minimum absolute atomic E-state index is 0.00389. The molecule has 0 radical (unpaired) electrons. The lowest BCUT2D eigenvalue weighted by Crippen LogP contribution is -2.55. The van der Waals surface area contributed by atoms with E-state index in [1.54, 1.807) is 0 Å². The fourth-order valence-electron chi connectivity index (χ4n) is 2.52. The number of carbonyl (C=O) groups is 2. The molecule has 1 rings (SSSR count). The molecule has 2 unspecified atom stereocenters. The van der Waals surface area contributed by atoms with E-state index in [2.05, 4.69) is 20.8 Å². The summed E-state index contributed by atoms with van der Waals surface area (Å²) in [5.74, 6) is -0.272. The lowest BCUT2D eigenvalue weighted by Gasteiger charge is -2.42. The molecular weight excluding hydrogens is 264 g/mol. The van der Waals surface area contributed by atoms with Crippen LogP contribution in [0.3, 0.4) is 0 Å². The average molecular weight is 288 g/mol. The highest BCUT2D eigenvalue weighted by Crippen LogP contribution is 2.35. The van der Waals surface area contributed by atoms with Crippen molar-refractivity contribution in [1.82, 2.24) is 10.1 Å². The molecule has 0 aromatic rings. The highest BCUT2D eigenvalue weighted by Gasteiger charge is 2.41. The largest absolute Gasteiger partial charge is 0.465 e. The fourth-order valence-corrected chi connectivity index (χ4v) is 2.52. The van der Waals surface area contributed by atoms with Crippen molar-refractivity contribution in [2.75, 3.05) is 20.8 Å². The topological polar surface area (TPSA) is 79.3 Å². The van der Waals surface area contributed by atoms with Crippen LogP contribution in [0.4, 0.5) is 4.79 Å². The van der Waals surface area contributed by atoms with Crippen LogP contribution in [0, 0.1) is 11.3 Å². The maximum absolute atomic E-state index is 12.2. The predicted octanol–water partition coefficient (Wildman–Crippen LogP) is 1.74. The van der Waals surface area contributed by atoms with Crippen molar-refractivity contribution in [2.24, 2.45) is 11.3 Å². The third-order valence-electron chi connectivity index (χ3n) is 3.85. The van der Waals surface area contributed by atoms with E-state index >= 15 is 0 Å². The average Bonchev–Trinajstić information content (AvgIpc) is 2.38. The van der Waals surface area contributed by atoms with Gasteiger partial charge in [0.1, 0.15) is 6.04 Å². The summed E-state index contributed by atoms with van der Waals surface area (Å²) in [5.41, 5.74) is 0.00389. The number of hydrogen-bond acceptors (Lipinski definition) is 4. The number of hydroxylamine groups is 2. The van der Waals surface area contributed by atoms with Crippen LogP contribution < -0.4 is 0 Å². The smallest absolute Gasteiger partial charge is 0.407 e. The van der Waals surface area contributed by atoms with Crippen molar-refractivity contribution in [1.29, 1.82) is 0 Å². The first-order chi connectivity index (χ1) is 9.22. The van der Waals surface area contributed by atoms with Gasteiger partial charge in [0.25, 0.3) is 5.91 Å². The van der Waals surface area contributed by atoms with Crippen molar-refractivity contribution in [2.45, 2.75) is 39.7 Å². The van der Waals surface area contributed by atoms with Gasteiger partial charge in [0.05, 0.1) is 14.2 Å². The highest BCUT2D eigenvalue weighted by molar-refractivity contribution is 5.84. The number of carbonyl (C=O) groups excluding carboxylic acids is 1. The molecule has 0 aromatic carbocycles.